The van der Waals surface area contributed by atoms with Crippen molar-refractivity contribution in [1.29, 1.82) is 0 Å². The van der Waals surface area contributed by atoms with Gasteiger partial charge in [0.2, 0.25) is 0 Å². The van der Waals surface area contributed by atoms with Gasteiger partial charge in [0.25, 0.3) is 0 Å². The molecule has 1 aromatic rings. The van der Waals surface area contributed by atoms with Gasteiger partial charge in [-0.1, -0.05) is 13.0 Å². The molecule has 0 saturated heterocycles. The summed E-state index contributed by atoms with van der Waals surface area (Å²) in [5.74, 6) is 1.07. The lowest BCUT2D eigenvalue weighted by atomic mass is 9.95. The van der Waals surface area contributed by atoms with Crippen molar-refractivity contribution < 1.29 is 9.84 Å². The number of ether oxygens (including phenoxy) is 1. The Hall–Kier alpha value is -1.06. The second kappa shape index (κ2) is 7.30. The summed E-state index contributed by atoms with van der Waals surface area (Å²) < 4.78 is 5.49. The van der Waals surface area contributed by atoms with Crippen LogP contribution < -0.4 is 10.5 Å². The molecule has 3 N–H and O–H groups in total. The molecule has 0 bridgehead atoms. The molecule has 96 valence electrons. The van der Waals surface area contributed by atoms with Gasteiger partial charge in [0, 0.05) is 6.61 Å². The maximum absolute atomic E-state index is 9.19. The Morgan fingerprint density at radius 2 is 2.06 bits per heavy atom. The fraction of sp³-hybridized carbons (Fsp3) is 0.571. The maximum atomic E-state index is 9.19. The lowest BCUT2D eigenvalue weighted by Gasteiger charge is -2.15. The highest BCUT2D eigenvalue weighted by atomic mass is 16.5. The number of rotatable bonds is 7. The number of nitrogens with two attached hydrogens (primary N) is 1. The van der Waals surface area contributed by atoms with Crippen LogP contribution in [0, 0.1) is 5.92 Å². The van der Waals surface area contributed by atoms with E-state index in [1.54, 1.807) is 0 Å². The van der Waals surface area contributed by atoms with Crippen molar-refractivity contribution >= 4 is 0 Å². The van der Waals surface area contributed by atoms with Crippen molar-refractivity contribution in [3.05, 3.63) is 29.3 Å². The SMILES string of the molecule is CCOc1ccc(CC(CN)CO)c(CC)c1. The van der Waals surface area contributed by atoms with Crippen LogP contribution in [0.25, 0.3) is 0 Å². The zero-order valence-electron chi connectivity index (χ0n) is 10.8. The van der Waals surface area contributed by atoms with Gasteiger partial charge in [-0.05, 0) is 55.5 Å². The number of hydrogen-bond donors (Lipinski definition) is 2. The summed E-state index contributed by atoms with van der Waals surface area (Å²) >= 11 is 0. The van der Waals surface area contributed by atoms with Crippen LogP contribution in [-0.4, -0.2) is 24.9 Å². The highest BCUT2D eigenvalue weighted by molar-refractivity contribution is 5.36. The predicted molar refractivity (Wildman–Crippen MR) is 70.3 cm³/mol. The molecule has 0 aliphatic rings. The molecule has 0 heterocycles. The first kappa shape index (κ1) is 14.0. The molecule has 3 nitrogen and oxygen atoms in total. The van der Waals surface area contributed by atoms with E-state index in [-0.39, 0.29) is 12.5 Å². The van der Waals surface area contributed by atoms with Crippen molar-refractivity contribution in [1.82, 2.24) is 0 Å². The molecule has 3 heteroatoms. The molecule has 1 atom stereocenters. The number of benzene rings is 1. The van der Waals surface area contributed by atoms with Crippen molar-refractivity contribution in [2.75, 3.05) is 19.8 Å². The average Bonchev–Trinajstić information content (AvgIpc) is 2.37. The third-order valence-electron chi connectivity index (χ3n) is 2.97. The molecule has 0 aliphatic heterocycles. The quantitative estimate of drug-likeness (QED) is 0.759. The Bertz CT molecular complexity index is 335. The van der Waals surface area contributed by atoms with Crippen LogP contribution in [0.15, 0.2) is 18.2 Å². The average molecular weight is 237 g/mol. The Morgan fingerprint density at radius 3 is 2.59 bits per heavy atom. The topological polar surface area (TPSA) is 55.5 Å². The van der Waals surface area contributed by atoms with Crippen LogP contribution in [0.2, 0.25) is 0 Å². The van der Waals surface area contributed by atoms with Crippen LogP contribution >= 0.6 is 0 Å². The molecule has 1 rings (SSSR count). The van der Waals surface area contributed by atoms with Crippen molar-refractivity contribution in [3.63, 3.8) is 0 Å². The fourth-order valence-corrected chi connectivity index (χ4v) is 1.92. The third-order valence-corrected chi connectivity index (χ3v) is 2.97. The van der Waals surface area contributed by atoms with Gasteiger partial charge in [0.05, 0.1) is 6.61 Å². The van der Waals surface area contributed by atoms with E-state index < -0.39 is 0 Å². The molecule has 0 aliphatic carbocycles. The van der Waals surface area contributed by atoms with Crippen LogP contribution in [-0.2, 0) is 12.8 Å². The minimum absolute atomic E-state index is 0.146. The second-order valence-corrected chi connectivity index (χ2v) is 4.21. The second-order valence-electron chi connectivity index (χ2n) is 4.21. The molecule has 0 amide bonds. The molecule has 0 saturated carbocycles. The summed E-state index contributed by atoms with van der Waals surface area (Å²) in [5.41, 5.74) is 8.16. The zero-order valence-corrected chi connectivity index (χ0v) is 10.8. The summed E-state index contributed by atoms with van der Waals surface area (Å²) in [6, 6.07) is 6.16. The normalized spacial score (nSPS) is 12.5. The van der Waals surface area contributed by atoms with Gasteiger partial charge in [-0.3, -0.25) is 0 Å². The van der Waals surface area contributed by atoms with E-state index in [2.05, 4.69) is 19.1 Å². The third kappa shape index (κ3) is 4.02. The van der Waals surface area contributed by atoms with Crippen LogP contribution in [0.5, 0.6) is 5.75 Å². The van der Waals surface area contributed by atoms with Crippen molar-refractivity contribution in [2.45, 2.75) is 26.7 Å². The predicted octanol–water partition coefficient (Wildman–Crippen LogP) is 1.76. The smallest absolute Gasteiger partial charge is 0.119 e. The first-order chi connectivity index (χ1) is 8.24. The zero-order chi connectivity index (χ0) is 12.7. The standard InChI is InChI=1S/C14H23NO2/c1-3-12-8-14(17-4-2)6-5-13(12)7-11(9-15)10-16/h5-6,8,11,16H,3-4,7,9-10,15H2,1-2H3. The van der Waals surface area contributed by atoms with E-state index in [4.69, 9.17) is 10.5 Å². The maximum Gasteiger partial charge on any atom is 0.119 e. The number of aryl methyl sites for hydroxylation is 1. The van der Waals surface area contributed by atoms with Crippen LogP contribution in [0.1, 0.15) is 25.0 Å². The number of hydrogen-bond acceptors (Lipinski definition) is 3. The van der Waals surface area contributed by atoms with E-state index in [1.165, 1.54) is 11.1 Å². The van der Waals surface area contributed by atoms with Gasteiger partial charge < -0.3 is 15.6 Å². The Kier molecular flexibility index (Phi) is 6.01. The molecular formula is C14H23NO2. The molecule has 0 aromatic heterocycles. The first-order valence-corrected chi connectivity index (χ1v) is 6.30. The van der Waals surface area contributed by atoms with E-state index in [0.29, 0.717) is 13.2 Å². The van der Waals surface area contributed by atoms with Gasteiger partial charge >= 0.3 is 0 Å². The highest BCUT2D eigenvalue weighted by Gasteiger charge is 2.10. The summed E-state index contributed by atoms with van der Waals surface area (Å²) in [6.07, 6.45) is 1.81. The Balaban J connectivity index is 2.84. The molecule has 1 aromatic carbocycles. The fourth-order valence-electron chi connectivity index (χ4n) is 1.92. The molecule has 0 radical (unpaired) electrons. The summed E-state index contributed by atoms with van der Waals surface area (Å²) in [7, 11) is 0. The van der Waals surface area contributed by atoms with E-state index in [1.807, 2.05) is 13.0 Å². The van der Waals surface area contributed by atoms with Gasteiger partial charge in [0.15, 0.2) is 0 Å². The summed E-state index contributed by atoms with van der Waals surface area (Å²) in [6.45, 7) is 5.46. The minimum atomic E-state index is 0.146. The number of aliphatic hydroxyl groups is 1. The van der Waals surface area contributed by atoms with Crippen LogP contribution in [0.4, 0.5) is 0 Å². The lowest BCUT2D eigenvalue weighted by Crippen LogP contribution is -2.21. The molecule has 0 spiro atoms. The van der Waals surface area contributed by atoms with Crippen molar-refractivity contribution in [2.24, 2.45) is 11.7 Å². The number of aliphatic hydroxyl groups excluding tert-OH is 1. The highest BCUT2D eigenvalue weighted by Crippen LogP contribution is 2.21. The largest absolute Gasteiger partial charge is 0.494 e. The van der Waals surface area contributed by atoms with E-state index in [9.17, 15) is 5.11 Å². The summed E-state index contributed by atoms with van der Waals surface area (Å²) in [4.78, 5) is 0. The first-order valence-electron chi connectivity index (χ1n) is 6.30. The van der Waals surface area contributed by atoms with Crippen LogP contribution in [0.3, 0.4) is 0 Å². The molecule has 0 fully saturated rings. The van der Waals surface area contributed by atoms with E-state index in [0.717, 1.165) is 18.6 Å². The van der Waals surface area contributed by atoms with Crippen molar-refractivity contribution in [3.8, 4) is 5.75 Å². The molecule has 1 unspecified atom stereocenters. The Labute approximate surface area is 104 Å². The lowest BCUT2D eigenvalue weighted by molar-refractivity contribution is 0.229. The molecule has 17 heavy (non-hydrogen) atoms. The minimum Gasteiger partial charge on any atom is -0.494 e. The monoisotopic (exact) mass is 237 g/mol. The summed E-state index contributed by atoms with van der Waals surface area (Å²) in [5, 5.41) is 9.19. The van der Waals surface area contributed by atoms with Gasteiger partial charge in [-0.15, -0.1) is 0 Å². The van der Waals surface area contributed by atoms with E-state index >= 15 is 0 Å². The Morgan fingerprint density at radius 1 is 1.29 bits per heavy atom. The van der Waals surface area contributed by atoms with Gasteiger partial charge in [-0.25, -0.2) is 0 Å². The van der Waals surface area contributed by atoms with Gasteiger partial charge in [0.1, 0.15) is 5.75 Å². The van der Waals surface area contributed by atoms with Gasteiger partial charge in [-0.2, -0.15) is 0 Å². The molecular weight excluding hydrogens is 214 g/mol.